The molecule has 1 aromatic carbocycles. The Bertz CT molecular complexity index is 609. The Hall–Kier alpha value is -1.90. The van der Waals surface area contributed by atoms with Crippen molar-refractivity contribution in [3.05, 3.63) is 52.3 Å². The Morgan fingerprint density at radius 2 is 1.80 bits per heavy atom. The molecule has 20 heavy (non-hydrogen) atoms. The molecule has 0 saturated carbocycles. The highest BCUT2D eigenvalue weighted by atomic mass is 16.1. The maximum Gasteiger partial charge on any atom is 0.137 e. The molecule has 0 radical (unpaired) electrons. The molecular weight excluding hydrogens is 248 g/mol. The van der Waals surface area contributed by atoms with Crippen LogP contribution in [0.3, 0.4) is 0 Å². The quantitative estimate of drug-likeness (QED) is 0.837. The van der Waals surface area contributed by atoms with Gasteiger partial charge in [-0.1, -0.05) is 29.8 Å². The second-order valence-corrected chi connectivity index (χ2v) is 5.47. The number of benzene rings is 1. The van der Waals surface area contributed by atoms with Gasteiger partial charge in [-0.05, 0) is 38.3 Å². The lowest BCUT2D eigenvalue weighted by Crippen LogP contribution is -2.05. The van der Waals surface area contributed by atoms with Gasteiger partial charge >= 0.3 is 0 Å². The van der Waals surface area contributed by atoms with E-state index in [2.05, 4.69) is 31.1 Å². The van der Waals surface area contributed by atoms with Crippen molar-refractivity contribution in [2.75, 3.05) is 0 Å². The van der Waals surface area contributed by atoms with Crippen LogP contribution in [0.5, 0.6) is 0 Å². The highest BCUT2D eigenvalue weighted by molar-refractivity contribution is 5.81. The third kappa shape index (κ3) is 3.35. The Morgan fingerprint density at radius 1 is 1.15 bits per heavy atom. The maximum atomic E-state index is 12.1. The monoisotopic (exact) mass is 270 g/mol. The highest BCUT2D eigenvalue weighted by Gasteiger charge is 2.11. The molecule has 0 unspecified atom stereocenters. The van der Waals surface area contributed by atoms with Crippen molar-refractivity contribution in [2.45, 2.75) is 40.0 Å². The number of nitrogens with zero attached hydrogens (tertiary/aromatic N) is 2. The van der Waals surface area contributed by atoms with Crippen molar-refractivity contribution in [2.24, 2.45) is 7.05 Å². The fourth-order valence-electron chi connectivity index (χ4n) is 2.47. The Labute approximate surface area is 120 Å². The number of ketones is 1. The number of carbonyl (C=O) groups is 1. The fraction of sp³-hybridized carbons (Fsp3) is 0.412. The number of rotatable bonds is 5. The first kappa shape index (κ1) is 14.5. The van der Waals surface area contributed by atoms with Crippen LogP contribution in [0, 0.1) is 20.8 Å². The van der Waals surface area contributed by atoms with Gasteiger partial charge in [0, 0.05) is 25.6 Å². The smallest absolute Gasteiger partial charge is 0.137 e. The molecule has 0 aliphatic rings. The average molecular weight is 270 g/mol. The van der Waals surface area contributed by atoms with Gasteiger partial charge in [-0.15, -0.1) is 0 Å². The van der Waals surface area contributed by atoms with Crippen molar-refractivity contribution in [3.8, 4) is 0 Å². The zero-order chi connectivity index (χ0) is 14.7. The molecule has 0 aliphatic heterocycles. The van der Waals surface area contributed by atoms with Gasteiger partial charge in [0.2, 0.25) is 0 Å². The van der Waals surface area contributed by atoms with Crippen LogP contribution in [0.1, 0.15) is 34.5 Å². The summed E-state index contributed by atoms with van der Waals surface area (Å²) in [5.74, 6) is 0.288. The molecule has 3 heteroatoms. The number of aromatic nitrogens is 2. The lowest BCUT2D eigenvalue weighted by Gasteiger charge is -2.03. The fourth-order valence-corrected chi connectivity index (χ4v) is 2.47. The summed E-state index contributed by atoms with van der Waals surface area (Å²) in [7, 11) is 1.94. The normalized spacial score (nSPS) is 10.8. The molecule has 0 spiro atoms. The minimum atomic E-state index is 0.288. The lowest BCUT2D eigenvalue weighted by atomic mass is 10.0. The van der Waals surface area contributed by atoms with Gasteiger partial charge < -0.3 is 0 Å². The molecule has 0 aliphatic carbocycles. The van der Waals surface area contributed by atoms with Gasteiger partial charge in [0.15, 0.2) is 0 Å². The minimum Gasteiger partial charge on any atom is -0.299 e. The van der Waals surface area contributed by atoms with Crippen LogP contribution in [0.4, 0.5) is 0 Å². The summed E-state index contributed by atoms with van der Waals surface area (Å²) in [6, 6.07) is 8.18. The molecule has 0 saturated heterocycles. The summed E-state index contributed by atoms with van der Waals surface area (Å²) in [6.45, 7) is 6.12. The molecule has 2 aromatic rings. The summed E-state index contributed by atoms with van der Waals surface area (Å²) < 4.78 is 1.88. The summed E-state index contributed by atoms with van der Waals surface area (Å²) in [5, 5.41) is 4.39. The van der Waals surface area contributed by atoms with Crippen LogP contribution in [0.15, 0.2) is 24.3 Å². The van der Waals surface area contributed by atoms with Crippen LogP contribution in [-0.4, -0.2) is 15.6 Å². The first-order chi connectivity index (χ1) is 9.47. The van der Waals surface area contributed by atoms with Crippen molar-refractivity contribution in [3.63, 3.8) is 0 Å². The zero-order valence-electron chi connectivity index (χ0n) is 12.7. The molecule has 0 N–H and O–H groups in total. The largest absolute Gasteiger partial charge is 0.299 e. The van der Waals surface area contributed by atoms with Crippen molar-refractivity contribution in [1.29, 1.82) is 0 Å². The van der Waals surface area contributed by atoms with Gasteiger partial charge in [0.1, 0.15) is 5.78 Å². The van der Waals surface area contributed by atoms with Crippen LogP contribution in [0.25, 0.3) is 0 Å². The predicted molar refractivity (Wildman–Crippen MR) is 80.9 cm³/mol. The molecule has 3 nitrogen and oxygen atoms in total. The van der Waals surface area contributed by atoms with E-state index in [-0.39, 0.29) is 5.78 Å². The topological polar surface area (TPSA) is 34.9 Å². The first-order valence-electron chi connectivity index (χ1n) is 7.03. The van der Waals surface area contributed by atoms with Crippen LogP contribution < -0.4 is 0 Å². The Kier molecular flexibility index (Phi) is 4.38. The molecular formula is C17H22N2O. The summed E-state index contributed by atoms with van der Waals surface area (Å²) in [4.78, 5) is 12.1. The second-order valence-electron chi connectivity index (χ2n) is 5.47. The van der Waals surface area contributed by atoms with Gasteiger partial charge in [-0.25, -0.2) is 0 Å². The van der Waals surface area contributed by atoms with E-state index in [1.165, 1.54) is 11.1 Å². The Morgan fingerprint density at radius 3 is 2.35 bits per heavy atom. The summed E-state index contributed by atoms with van der Waals surface area (Å²) in [6.07, 6.45) is 1.90. The SMILES string of the molecule is Cc1ccc(CC(=O)CCc2c(C)nn(C)c2C)cc1. The molecule has 1 aromatic heterocycles. The van der Waals surface area contributed by atoms with Crippen molar-refractivity contribution in [1.82, 2.24) is 9.78 Å². The van der Waals surface area contributed by atoms with Gasteiger partial charge in [-0.2, -0.15) is 5.10 Å². The first-order valence-corrected chi connectivity index (χ1v) is 7.03. The van der Waals surface area contributed by atoms with Crippen molar-refractivity contribution < 1.29 is 4.79 Å². The number of hydrogen-bond acceptors (Lipinski definition) is 2. The molecule has 0 bridgehead atoms. The minimum absolute atomic E-state index is 0.288. The predicted octanol–water partition coefficient (Wildman–Crippen LogP) is 3.09. The summed E-state index contributed by atoms with van der Waals surface area (Å²) >= 11 is 0. The van der Waals surface area contributed by atoms with E-state index in [1.807, 2.05) is 30.8 Å². The van der Waals surface area contributed by atoms with Crippen LogP contribution in [0.2, 0.25) is 0 Å². The Balaban J connectivity index is 1.94. The number of Topliss-reactive ketones (excluding diaryl/α,β-unsaturated/α-hetero) is 1. The molecule has 0 fully saturated rings. The van der Waals surface area contributed by atoms with E-state index < -0.39 is 0 Å². The van der Waals surface area contributed by atoms with Gasteiger partial charge in [-0.3, -0.25) is 9.48 Å². The third-order valence-corrected chi connectivity index (χ3v) is 3.83. The number of aryl methyl sites for hydroxylation is 3. The second kappa shape index (κ2) is 6.04. The molecule has 0 atom stereocenters. The van der Waals surface area contributed by atoms with E-state index in [1.54, 1.807) is 0 Å². The van der Waals surface area contributed by atoms with Gasteiger partial charge in [0.05, 0.1) is 5.69 Å². The zero-order valence-corrected chi connectivity index (χ0v) is 12.7. The lowest BCUT2D eigenvalue weighted by molar-refractivity contribution is -0.118. The average Bonchev–Trinajstić information content (AvgIpc) is 2.64. The number of hydrogen-bond donors (Lipinski definition) is 0. The van der Waals surface area contributed by atoms with E-state index in [0.29, 0.717) is 12.8 Å². The maximum absolute atomic E-state index is 12.1. The molecule has 1 heterocycles. The molecule has 0 amide bonds. The van der Waals surface area contributed by atoms with E-state index in [4.69, 9.17) is 0 Å². The van der Waals surface area contributed by atoms with E-state index in [0.717, 1.165) is 23.4 Å². The standard InChI is InChI=1S/C17H22N2O/c1-12-5-7-15(8-6-12)11-16(20)9-10-17-13(2)18-19(4)14(17)3/h5-8H,9-11H2,1-4H3. The molecule has 2 rings (SSSR count). The molecule has 106 valence electrons. The third-order valence-electron chi connectivity index (χ3n) is 3.83. The van der Waals surface area contributed by atoms with Crippen LogP contribution >= 0.6 is 0 Å². The van der Waals surface area contributed by atoms with Crippen molar-refractivity contribution >= 4 is 5.78 Å². The summed E-state index contributed by atoms with van der Waals surface area (Å²) in [5.41, 5.74) is 5.73. The van der Waals surface area contributed by atoms with Crippen LogP contribution in [-0.2, 0) is 24.7 Å². The van der Waals surface area contributed by atoms with E-state index >= 15 is 0 Å². The van der Waals surface area contributed by atoms with Gasteiger partial charge in [0.25, 0.3) is 0 Å². The highest BCUT2D eigenvalue weighted by Crippen LogP contribution is 2.15. The van der Waals surface area contributed by atoms with E-state index in [9.17, 15) is 4.79 Å². The number of carbonyl (C=O) groups excluding carboxylic acids is 1.